The number of rotatable bonds is 5. The van der Waals surface area contributed by atoms with Crippen LogP contribution in [0.5, 0.6) is 0 Å². The summed E-state index contributed by atoms with van der Waals surface area (Å²) in [6.07, 6.45) is 2.21. The Hall–Kier alpha value is -0.570. The quantitative estimate of drug-likeness (QED) is 0.647. The average Bonchev–Trinajstić information content (AvgIpc) is 2.05. The van der Waals surface area contributed by atoms with E-state index < -0.39 is 0 Å². The Bertz CT molecular complexity index is 130. The molecular formula is C9H20N2O. The molecule has 72 valence electrons. The third-order valence-electron chi connectivity index (χ3n) is 2.13. The summed E-state index contributed by atoms with van der Waals surface area (Å²) < 4.78 is 0. The number of amides is 1. The molecule has 0 heterocycles. The van der Waals surface area contributed by atoms with Gasteiger partial charge in [-0.25, -0.2) is 0 Å². The van der Waals surface area contributed by atoms with Crippen molar-refractivity contribution in [3.63, 3.8) is 0 Å². The zero-order valence-corrected chi connectivity index (χ0v) is 8.26. The van der Waals surface area contributed by atoms with E-state index in [0.717, 1.165) is 19.4 Å². The minimum Gasteiger partial charge on any atom is -0.354 e. The van der Waals surface area contributed by atoms with Crippen LogP contribution in [-0.2, 0) is 4.79 Å². The van der Waals surface area contributed by atoms with Gasteiger partial charge in [0.25, 0.3) is 0 Å². The standard InChI is InChI=1S/C9H20N2O/c1-4-8(5-2)6-11-9(12)7(3)10/h7-8H,4-6,10H2,1-3H3,(H,11,12)/t7-/m1/s1. The molecule has 1 atom stereocenters. The van der Waals surface area contributed by atoms with Crippen molar-refractivity contribution in [2.24, 2.45) is 11.7 Å². The molecule has 0 rings (SSSR count). The maximum Gasteiger partial charge on any atom is 0.236 e. The molecule has 0 aromatic heterocycles. The van der Waals surface area contributed by atoms with Gasteiger partial charge in [0.2, 0.25) is 5.91 Å². The van der Waals surface area contributed by atoms with Crippen LogP contribution < -0.4 is 11.1 Å². The molecule has 0 spiro atoms. The fourth-order valence-corrected chi connectivity index (χ4v) is 0.983. The van der Waals surface area contributed by atoms with Crippen LogP contribution in [0.1, 0.15) is 33.6 Å². The van der Waals surface area contributed by atoms with E-state index >= 15 is 0 Å². The van der Waals surface area contributed by atoms with Gasteiger partial charge in [-0.3, -0.25) is 4.79 Å². The maximum atomic E-state index is 11.0. The molecule has 12 heavy (non-hydrogen) atoms. The Morgan fingerprint density at radius 3 is 2.25 bits per heavy atom. The van der Waals surface area contributed by atoms with Gasteiger partial charge in [0, 0.05) is 6.54 Å². The van der Waals surface area contributed by atoms with Crippen LogP contribution in [0, 0.1) is 5.92 Å². The first-order chi connectivity index (χ1) is 5.61. The van der Waals surface area contributed by atoms with Gasteiger partial charge in [0.15, 0.2) is 0 Å². The van der Waals surface area contributed by atoms with Gasteiger partial charge in [-0.05, 0) is 12.8 Å². The Morgan fingerprint density at radius 1 is 1.42 bits per heavy atom. The highest BCUT2D eigenvalue weighted by atomic mass is 16.2. The number of nitrogens with two attached hydrogens (primary N) is 1. The van der Waals surface area contributed by atoms with Crippen molar-refractivity contribution in [3.05, 3.63) is 0 Å². The molecule has 3 N–H and O–H groups in total. The van der Waals surface area contributed by atoms with Gasteiger partial charge in [0.05, 0.1) is 6.04 Å². The highest BCUT2D eigenvalue weighted by Gasteiger charge is 2.08. The number of nitrogens with one attached hydrogen (secondary N) is 1. The fourth-order valence-electron chi connectivity index (χ4n) is 0.983. The Balaban J connectivity index is 3.59. The van der Waals surface area contributed by atoms with E-state index in [2.05, 4.69) is 19.2 Å². The number of carbonyl (C=O) groups is 1. The molecule has 3 heteroatoms. The molecule has 0 bridgehead atoms. The van der Waals surface area contributed by atoms with Gasteiger partial charge in [-0.1, -0.05) is 26.7 Å². The second-order valence-corrected chi connectivity index (χ2v) is 3.22. The number of hydrogen-bond acceptors (Lipinski definition) is 2. The van der Waals surface area contributed by atoms with Gasteiger partial charge in [0.1, 0.15) is 0 Å². The summed E-state index contributed by atoms with van der Waals surface area (Å²) in [5.74, 6) is 0.537. The van der Waals surface area contributed by atoms with Crippen LogP contribution in [0.15, 0.2) is 0 Å². The Kier molecular flexibility index (Phi) is 5.72. The third-order valence-corrected chi connectivity index (χ3v) is 2.13. The predicted molar refractivity (Wildman–Crippen MR) is 50.7 cm³/mol. The summed E-state index contributed by atoms with van der Waals surface area (Å²) in [7, 11) is 0. The minimum absolute atomic E-state index is 0.0538. The topological polar surface area (TPSA) is 55.1 Å². The average molecular weight is 172 g/mol. The van der Waals surface area contributed by atoms with Gasteiger partial charge >= 0.3 is 0 Å². The molecule has 0 aliphatic carbocycles. The maximum absolute atomic E-state index is 11.0. The predicted octanol–water partition coefficient (Wildman–Crippen LogP) is 0.886. The summed E-state index contributed by atoms with van der Waals surface area (Å²) in [4.78, 5) is 11.0. The largest absolute Gasteiger partial charge is 0.354 e. The fraction of sp³-hybridized carbons (Fsp3) is 0.889. The van der Waals surface area contributed by atoms with E-state index in [4.69, 9.17) is 5.73 Å². The Morgan fingerprint density at radius 2 is 1.92 bits per heavy atom. The summed E-state index contributed by atoms with van der Waals surface area (Å²) in [5.41, 5.74) is 5.39. The van der Waals surface area contributed by atoms with Gasteiger partial charge < -0.3 is 11.1 Å². The smallest absolute Gasteiger partial charge is 0.236 e. The molecular weight excluding hydrogens is 152 g/mol. The first kappa shape index (κ1) is 11.4. The second kappa shape index (κ2) is 6.00. The lowest BCUT2D eigenvalue weighted by Crippen LogP contribution is -2.40. The molecule has 3 nitrogen and oxygen atoms in total. The lowest BCUT2D eigenvalue weighted by atomic mass is 10.0. The van der Waals surface area contributed by atoms with E-state index in [-0.39, 0.29) is 11.9 Å². The van der Waals surface area contributed by atoms with Crippen LogP contribution in [0.2, 0.25) is 0 Å². The van der Waals surface area contributed by atoms with E-state index in [1.165, 1.54) is 0 Å². The zero-order chi connectivity index (χ0) is 9.56. The van der Waals surface area contributed by atoms with Crippen LogP contribution in [0.3, 0.4) is 0 Å². The minimum atomic E-state index is -0.389. The summed E-state index contributed by atoms with van der Waals surface area (Å²) >= 11 is 0. The van der Waals surface area contributed by atoms with Crippen LogP contribution in [-0.4, -0.2) is 18.5 Å². The normalized spacial score (nSPS) is 13.1. The van der Waals surface area contributed by atoms with Crippen molar-refractivity contribution in [2.45, 2.75) is 39.7 Å². The van der Waals surface area contributed by atoms with Crippen molar-refractivity contribution in [1.29, 1.82) is 0 Å². The summed E-state index contributed by atoms with van der Waals surface area (Å²) in [6, 6.07) is -0.389. The highest BCUT2D eigenvalue weighted by molar-refractivity contribution is 5.80. The van der Waals surface area contributed by atoms with Crippen LogP contribution in [0.4, 0.5) is 0 Å². The molecule has 0 unspecified atom stereocenters. The molecule has 0 aromatic carbocycles. The number of hydrogen-bond donors (Lipinski definition) is 2. The molecule has 0 radical (unpaired) electrons. The summed E-state index contributed by atoms with van der Waals surface area (Å²) in [5, 5.41) is 2.82. The van der Waals surface area contributed by atoms with E-state index in [1.807, 2.05) is 0 Å². The molecule has 0 fully saturated rings. The van der Waals surface area contributed by atoms with Crippen molar-refractivity contribution in [1.82, 2.24) is 5.32 Å². The monoisotopic (exact) mass is 172 g/mol. The second-order valence-electron chi connectivity index (χ2n) is 3.22. The van der Waals surface area contributed by atoms with Crippen molar-refractivity contribution in [2.75, 3.05) is 6.54 Å². The van der Waals surface area contributed by atoms with E-state index in [1.54, 1.807) is 6.92 Å². The molecule has 0 aliphatic heterocycles. The lowest BCUT2D eigenvalue weighted by molar-refractivity contribution is -0.122. The SMILES string of the molecule is CCC(CC)CNC(=O)[C@@H](C)N. The first-order valence-corrected chi connectivity index (χ1v) is 4.65. The van der Waals surface area contributed by atoms with Crippen LogP contribution in [0.25, 0.3) is 0 Å². The lowest BCUT2D eigenvalue weighted by Gasteiger charge is -2.14. The van der Waals surface area contributed by atoms with E-state index in [0.29, 0.717) is 5.92 Å². The first-order valence-electron chi connectivity index (χ1n) is 4.65. The number of carbonyl (C=O) groups excluding carboxylic acids is 1. The van der Waals surface area contributed by atoms with Crippen molar-refractivity contribution in [3.8, 4) is 0 Å². The molecule has 0 saturated carbocycles. The molecule has 0 aromatic rings. The van der Waals surface area contributed by atoms with Gasteiger partial charge in [-0.2, -0.15) is 0 Å². The molecule has 0 aliphatic rings. The van der Waals surface area contributed by atoms with Gasteiger partial charge in [-0.15, -0.1) is 0 Å². The van der Waals surface area contributed by atoms with Crippen molar-refractivity contribution < 1.29 is 4.79 Å². The molecule has 1 amide bonds. The summed E-state index contributed by atoms with van der Waals surface area (Å²) in [6.45, 7) is 6.72. The van der Waals surface area contributed by atoms with E-state index in [9.17, 15) is 4.79 Å². The third kappa shape index (κ3) is 4.34. The Labute approximate surface area is 74.7 Å². The zero-order valence-electron chi connectivity index (χ0n) is 8.26. The molecule has 0 saturated heterocycles. The van der Waals surface area contributed by atoms with Crippen LogP contribution >= 0.6 is 0 Å². The highest BCUT2D eigenvalue weighted by Crippen LogP contribution is 2.04. The van der Waals surface area contributed by atoms with Crippen molar-refractivity contribution >= 4 is 5.91 Å².